The molecule has 1 atom stereocenters. The van der Waals surface area contributed by atoms with Crippen LogP contribution in [0.5, 0.6) is 0 Å². The fourth-order valence-corrected chi connectivity index (χ4v) is 3.76. The zero-order valence-corrected chi connectivity index (χ0v) is 17.4. The van der Waals surface area contributed by atoms with Crippen LogP contribution < -0.4 is 5.32 Å². The van der Waals surface area contributed by atoms with Crippen molar-refractivity contribution < 1.29 is 9.59 Å². The summed E-state index contributed by atoms with van der Waals surface area (Å²) in [5.41, 5.74) is 1.69. The molecule has 0 fully saturated rings. The Morgan fingerprint density at radius 3 is 2.54 bits per heavy atom. The van der Waals surface area contributed by atoms with Crippen molar-refractivity contribution in [1.82, 2.24) is 10.2 Å². The molecule has 0 aliphatic carbocycles. The topological polar surface area (TPSA) is 49.4 Å². The third-order valence-electron chi connectivity index (χ3n) is 5.41. The smallest absolute Gasteiger partial charge is 0.255 e. The number of fused-ring (bicyclic) bond motifs is 1. The normalized spacial score (nSPS) is 18.9. The Kier molecular flexibility index (Phi) is 6.09. The van der Waals surface area contributed by atoms with Crippen LogP contribution in [-0.2, 0) is 17.8 Å². The molecule has 0 bridgehead atoms. The Labute approximate surface area is 171 Å². The van der Waals surface area contributed by atoms with Crippen molar-refractivity contribution in [3.05, 3.63) is 70.2 Å². The fraction of sp³-hybridized carbons (Fsp3) is 0.391. The molecule has 1 aliphatic rings. The first-order valence-corrected chi connectivity index (χ1v) is 10.1. The second-order valence-corrected chi connectivity index (χ2v) is 8.49. The maximum absolute atomic E-state index is 13.2. The number of hydrogen-bond acceptors (Lipinski definition) is 2. The molecule has 1 N–H and O–H groups in total. The lowest BCUT2D eigenvalue weighted by molar-refractivity contribution is -0.132. The maximum atomic E-state index is 13.2. The molecule has 0 unspecified atom stereocenters. The molecular weight excluding hydrogens is 372 g/mol. The summed E-state index contributed by atoms with van der Waals surface area (Å²) in [6, 6.07) is 15.0. The Bertz CT molecular complexity index is 863. The van der Waals surface area contributed by atoms with Crippen molar-refractivity contribution in [2.24, 2.45) is 5.92 Å². The number of halogens is 1. The van der Waals surface area contributed by atoms with E-state index in [-0.39, 0.29) is 11.8 Å². The zero-order chi connectivity index (χ0) is 20.3. The molecule has 28 heavy (non-hydrogen) atoms. The molecule has 2 amide bonds. The van der Waals surface area contributed by atoms with E-state index >= 15 is 0 Å². The Morgan fingerprint density at radius 1 is 1.18 bits per heavy atom. The molecule has 5 heteroatoms. The molecule has 2 aromatic rings. The van der Waals surface area contributed by atoms with Crippen molar-refractivity contribution in [2.45, 2.75) is 45.7 Å². The highest BCUT2D eigenvalue weighted by Gasteiger charge is 2.46. The van der Waals surface area contributed by atoms with Crippen LogP contribution in [0.2, 0.25) is 5.02 Å². The van der Waals surface area contributed by atoms with Gasteiger partial charge in [0.2, 0.25) is 5.91 Å². The van der Waals surface area contributed by atoms with E-state index in [4.69, 9.17) is 11.6 Å². The van der Waals surface area contributed by atoms with Crippen LogP contribution in [0.4, 0.5) is 0 Å². The molecule has 148 valence electrons. The maximum Gasteiger partial charge on any atom is 0.255 e. The van der Waals surface area contributed by atoms with E-state index in [9.17, 15) is 9.59 Å². The first-order valence-electron chi connectivity index (χ1n) is 9.74. The predicted octanol–water partition coefficient (Wildman–Crippen LogP) is 4.46. The van der Waals surface area contributed by atoms with Crippen molar-refractivity contribution in [3.8, 4) is 0 Å². The van der Waals surface area contributed by atoms with Crippen molar-refractivity contribution in [3.63, 3.8) is 0 Å². The minimum atomic E-state index is -0.910. The molecule has 2 aromatic carbocycles. The lowest BCUT2D eigenvalue weighted by atomic mass is 9.82. The van der Waals surface area contributed by atoms with Crippen LogP contribution in [0.1, 0.15) is 48.7 Å². The molecule has 1 heterocycles. The number of benzene rings is 2. The summed E-state index contributed by atoms with van der Waals surface area (Å²) >= 11 is 5.93. The molecule has 3 rings (SSSR count). The second kappa shape index (κ2) is 8.36. The molecule has 0 saturated heterocycles. The van der Waals surface area contributed by atoms with Crippen LogP contribution in [0, 0.1) is 5.92 Å². The van der Waals surface area contributed by atoms with Gasteiger partial charge in [-0.05, 0) is 48.6 Å². The van der Waals surface area contributed by atoms with Crippen LogP contribution in [0.3, 0.4) is 0 Å². The molecular formula is C23H27ClN2O2. The monoisotopic (exact) mass is 398 g/mol. The number of amides is 2. The quantitative estimate of drug-likeness (QED) is 0.780. The SMILES string of the molecule is CC(C)CCN1C(=O)c2ccccc2C[C@@]1(C)C(=O)NCc1ccc(Cl)cc1. The van der Waals surface area contributed by atoms with E-state index in [0.29, 0.717) is 36.0 Å². The molecule has 4 nitrogen and oxygen atoms in total. The van der Waals surface area contributed by atoms with Crippen molar-refractivity contribution in [1.29, 1.82) is 0 Å². The van der Waals surface area contributed by atoms with Gasteiger partial charge >= 0.3 is 0 Å². The average Bonchev–Trinajstić information content (AvgIpc) is 2.67. The van der Waals surface area contributed by atoms with E-state index in [1.807, 2.05) is 43.3 Å². The molecule has 1 aliphatic heterocycles. The van der Waals surface area contributed by atoms with Gasteiger partial charge in [-0.2, -0.15) is 0 Å². The minimum Gasteiger partial charge on any atom is -0.350 e. The largest absolute Gasteiger partial charge is 0.350 e. The lowest BCUT2D eigenvalue weighted by Gasteiger charge is -2.44. The lowest BCUT2D eigenvalue weighted by Crippen LogP contribution is -2.62. The summed E-state index contributed by atoms with van der Waals surface area (Å²) in [5, 5.41) is 3.69. The van der Waals surface area contributed by atoms with Gasteiger partial charge in [0.05, 0.1) is 0 Å². The van der Waals surface area contributed by atoms with Gasteiger partial charge in [0.25, 0.3) is 5.91 Å². The van der Waals surface area contributed by atoms with Gasteiger partial charge in [-0.25, -0.2) is 0 Å². The van der Waals surface area contributed by atoms with Crippen molar-refractivity contribution >= 4 is 23.4 Å². The van der Waals surface area contributed by atoms with Gasteiger partial charge in [-0.1, -0.05) is 55.8 Å². The number of nitrogens with one attached hydrogen (secondary N) is 1. The van der Waals surface area contributed by atoms with E-state index in [1.54, 1.807) is 17.0 Å². The third-order valence-corrected chi connectivity index (χ3v) is 5.66. The number of hydrogen-bond donors (Lipinski definition) is 1. The fourth-order valence-electron chi connectivity index (χ4n) is 3.63. The van der Waals surface area contributed by atoms with Gasteiger partial charge in [-0.3, -0.25) is 9.59 Å². The third kappa shape index (κ3) is 4.22. The van der Waals surface area contributed by atoms with E-state index in [1.165, 1.54) is 0 Å². The minimum absolute atomic E-state index is 0.0633. The summed E-state index contributed by atoms with van der Waals surface area (Å²) in [7, 11) is 0. The summed E-state index contributed by atoms with van der Waals surface area (Å²) in [6.45, 7) is 7.09. The van der Waals surface area contributed by atoms with Gasteiger partial charge in [-0.15, -0.1) is 0 Å². The second-order valence-electron chi connectivity index (χ2n) is 8.06. The molecule has 0 aromatic heterocycles. The first kappa shape index (κ1) is 20.4. The first-order chi connectivity index (χ1) is 13.3. The van der Waals surface area contributed by atoms with Crippen LogP contribution in [0.25, 0.3) is 0 Å². The number of carbonyl (C=O) groups is 2. The van der Waals surface area contributed by atoms with Gasteiger partial charge in [0, 0.05) is 30.1 Å². The van der Waals surface area contributed by atoms with Gasteiger partial charge in [0.1, 0.15) is 5.54 Å². The predicted molar refractivity (Wildman–Crippen MR) is 112 cm³/mol. The van der Waals surface area contributed by atoms with Crippen LogP contribution in [0.15, 0.2) is 48.5 Å². The highest BCUT2D eigenvalue weighted by atomic mass is 35.5. The van der Waals surface area contributed by atoms with Gasteiger partial charge in [0.15, 0.2) is 0 Å². The van der Waals surface area contributed by atoms with Crippen LogP contribution in [-0.4, -0.2) is 28.8 Å². The molecule has 0 radical (unpaired) electrons. The summed E-state index contributed by atoms with van der Waals surface area (Å²) in [5.74, 6) is 0.257. The molecule has 0 saturated carbocycles. The summed E-state index contributed by atoms with van der Waals surface area (Å²) in [4.78, 5) is 28.2. The van der Waals surface area contributed by atoms with E-state index in [2.05, 4.69) is 19.2 Å². The molecule has 0 spiro atoms. The van der Waals surface area contributed by atoms with Crippen LogP contribution >= 0.6 is 11.6 Å². The van der Waals surface area contributed by atoms with Gasteiger partial charge < -0.3 is 10.2 Å². The number of nitrogens with zero attached hydrogens (tertiary/aromatic N) is 1. The van der Waals surface area contributed by atoms with Crippen molar-refractivity contribution in [2.75, 3.05) is 6.54 Å². The highest BCUT2D eigenvalue weighted by molar-refractivity contribution is 6.30. The number of rotatable bonds is 6. The van der Waals surface area contributed by atoms with E-state index < -0.39 is 5.54 Å². The average molecular weight is 399 g/mol. The summed E-state index contributed by atoms with van der Waals surface area (Å²) in [6.07, 6.45) is 1.37. The Hall–Kier alpha value is -2.33. The zero-order valence-electron chi connectivity index (χ0n) is 16.7. The summed E-state index contributed by atoms with van der Waals surface area (Å²) < 4.78 is 0. The Morgan fingerprint density at radius 2 is 1.86 bits per heavy atom. The van der Waals surface area contributed by atoms with E-state index in [0.717, 1.165) is 17.5 Å². The highest BCUT2D eigenvalue weighted by Crippen LogP contribution is 2.32. The number of carbonyl (C=O) groups excluding carboxylic acids is 2. The Balaban J connectivity index is 1.84. The standard InChI is InChI=1S/C23H27ClN2O2/c1-16(2)12-13-26-21(27)20-7-5-4-6-18(20)14-23(26,3)22(28)25-15-17-8-10-19(24)11-9-17/h4-11,16H,12-15H2,1-3H3,(H,25,28)/t23-/m0/s1.